The van der Waals surface area contributed by atoms with E-state index in [1.54, 1.807) is 0 Å². The van der Waals surface area contributed by atoms with Gasteiger partial charge in [-0.2, -0.15) is 0 Å². The molecule has 0 radical (unpaired) electrons. The molecule has 0 N–H and O–H groups in total. The number of hydrogen-bond acceptors (Lipinski definition) is 8. The molecular formula is C9H20N3O8S4-3. The monoisotopic (exact) mass is 426 g/mol. The molecule has 0 saturated carbocycles. The molecule has 1 amide bonds. The van der Waals surface area contributed by atoms with Crippen LogP contribution in [0.3, 0.4) is 0 Å². The van der Waals surface area contributed by atoms with Crippen LogP contribution >= 0.6 is 0 Å². The Morgan fingerprint density at radius 3 is 1.38 bits per heavy atom. The number of sulfonamides is 2. The van der Waals surface area contributed by atoms with Gasteiger partial charge in [0.05, 0.1) is 20.0 Å². The van der Waals surface area contributed by atoms with E-state index >= 15 is 0 Å². The zero-order valence-electron chi connectivity index (χ0n) is 13.9. The van der Waals surface area contributed by atoms with Gasteiger partial charge in [-0.3, -0.25) is 13.2 Å². The van der Waals surface area contributed by atoms with Gasteiger partial charge in [-0.15, -0.1) is 9.71 Å². The average molecular weight is 427 g/mol. The second-order valence-electron chi connectivity index (χ2n) is 4.15. The summed E-state index contributed by atoms with van der Waals surface area (Å²) >= 11 is 0. The minimum Gasteiger partial charge on any atom is -0.862 e. The predicted molar refractivity (Wildman–Crippen MR) is 95.4 cm³/mol. The fraction of sp³-hybridized carbons (Fsp3) is 0.667. The minimum absolute atomic E-state index is 0.437. The van der Waals surface area contributed by atoms with Crippen LogP contribution in [0.5, 0.6) is 0 Å². The van der Waals surface area contributed by atoms with Crippen molar-refractivity contribution in [2.24, 2.45) is 4.99 Å². The van der Waals surface area contributed by atoms with Crippen LogP contribution in [0.1, 0.15) is 13.8 Å². The van der Waals surface area contributed by atoms with Crippen molar-refractivity contribution in [3.63, 3.8) is 0 Å². The SMILES string of the molecule is C=S(C)(=O)[N-]S(C)=O.CC(=O)N=C(C)[O-].CS(=O)(=O)[N-]S(C)(=O)=O. The molecule has 2 atom stereocenters. The van der Waals surface area contributed by atoms with Crippen molar-refractivity contribution < 1.29 is 35.2 Å². The first-order valence-corrected chi connectivity index (χ1v) is 12.8. The first kappa shape index (κ1) is 28.0. The summed E-state index contributed by atoms with van der Waals surface area (Å²) in [5, 5.41) is 9.87. The van der Waals surface area contributed by atoms with Crippen LogP contribution in [-0.2, 0) is 45.5 Å². The second-order valence-corrected chi connectivity index (χ2v) is 11.0. The van der Waals surface area contributed by atoms with E-state index in [0.717, 1.165) is 0 Å². The highest BCUT2D eigenvalue weighted by Crippen LogP contribution is 2.03. The molecule has 0 aromatic carbocycles. The van der Waals surface area contributed by atoms with Gasteiger partial charge in [0.2, 0.25) is 5.91 Å². The van der Waals surface area contributed by atoms with Crippen molar-refractivity contribution >= 4 is 58.4 Å². The number of carbonyl (C=O) groups excluding carboxylic acids is 1. The molecule has 0 fully saturated rings. The molecule has 15 heteroatoms. The van der Waals surface area contributed by atoms with E-state index in [0.29, 0.717) is 12.5 Å². The smallest absolute Gasteiger partial charge is 0.241 e. The van der Waals surface area contributed by atoms with E-state index in [9.17, 15) is 35.2 Å². The van der Waals surface area contributed by atoms with Gasteiger partial charge in [0.15, 0.2) is 0 Å². The zero-order valence-corrected chi connectivity index (χ0v) is 17.2. The lowest BCUT2D eigenvalue weighted by Gasteiger charge is -2.16. The summed E-state index contributed by atoms with van der Waals surface area (Å²) in [6, 6.07) is 0. The Morgan fingerprint density at radius 1 is 1.04 bits per heavy atom. The van der Waals surface area contributed by atoms with Crippen LogP contribution in [0.4, 0.5) is 0 Å². The topological polar surface area (TPSA) is 183 Å². The van der Waals surface area contributed by atoms with Crippen molar-refractivity contribution in [1.29, 1.82) is 0 Å². The number of rotatable bonds is 4. The lowest BCUT2D eigenvalue weighted by atomic mass is 10.7. The van der Waals surface area contributed by atoms with Gasteiger partial charge in [0.25, 0.3) is 0 Å². The molecule has 0 aliphatic carbocycles. The molecule has 11 nitrogen and oxygen atoms in total. The van der Waals surface area contributed by atoms with Gasteiger partial charge >= 0.3 is 0 Å². The highest BCUT2D eigenvalue weighted by molar-refractivity contribution is 8.14. The largest absolute Gasteiger partial charge is 0.862 e. The molecule has 0 heterocycles. The van der Waals surface area contributed by atoms with E-state index in [2.05, 4.69) is 19.1 Å². The van der Waals surface area contributed by atoms with Gasteiger partial charge in [0, 0.05) is 19.4 Å². The van der Waals surface area contributed by atoms with E-state index in [4.69, 9.17) is 0 Å². The molecule has 0 saturated heterocycles. The molecule has 0 rings (SSSR count). The van der Waals surface area contributed by atoms with E-state index in [1.807, 2.05) is 0 Å². The van der Waals surface area contributed by atoms with Gasteiger partial charge in [-0.05, 0) is 25.3 Å². The fourth-order valence-electron chi connectivity index (χ4n) is 0.690. The molecule has 0 aromatic heterocycles. The fourth-order valence-corrected chi connectivity index (χ4v) is 4.43. The lowest BCUT2D eigenvalue weighted by Crippen LogP contribution is -2.13. The maximum absolute atomic E-state index is 10.5. The first-order chi connectivity index (χ1) is 10.2. The molecule has 0 aromatic rings. The van der Waals surface area contributed by atoms with Gasteiger partial charge in [-0.25, -0.2) is 21.8 Å². The quantitative estimate of drug-likeness (QED) is 0.295. The molecule has 0 bridgehead atoms. The summed E-state index contributed by atoms with van der Waals surface area (Å²) in [5.41, 5.74) is 0. The third-order valence-electron chi connectivity index (χ3n) is 0.848. The Hall–Kier alpha value is -0.870. The number of aliphatic imine (C=N–C) groups is 1. The normalized spacial score (nSPS) is 15.7. The molecule has 146 valence electrons. The Bertz CT molecular complexity index is 732. The van der Waals surface area contributed by atoms with E-state index < -0.39 is 52.5 Å². The van der Waals surface area contributed by atoms with Crippen molar-refractivity contribution in [3.8, 4) is 0 Å². The van der Waals surface area contributed by atoms with E-state index in [-0.39, 0.29) is 0 Å². The minimum atomic E-state index is -3.74. The van der Waals surface area contributed by atoms with Gasteiger partial charge < -0.3 is 13.4 Å². The Morgan fingerprint density at radius 2 is 1.38 bits per heavy atom. The van der Waals surface area contributed by atoms with Crippen molar-refractivity contribution in [2.45, 2.75) is 13.8 Å². The van der Waals surface area contributed by atoms with Crippen LogP contribution in [0.2, 0.25) is 0 Å². The molecule has 2 unspecified atom stereocenters. The summed E-state index contributed by atoms with van der Waals surface area (Å²) in [6.07, 6.45) is 4.13. The second kappa shape index (κ2) is 11.6. The number of amides is 1. The maximum atomic E-state index is 10.5. The van der Waals surface area contributed by atoms with Crippen LogP contribution in [-0.4, -0.2) is 68.0 Å². The third-order valence-corrected chi connectivity index (χ3v) is 5.12. The van der Waals surface area contributed by atoms with Crippen LogP contribution in [0.25, 0.3) is 8.25 Å². The molecule has 24 heavy (non-hydrogen) atoms. The van der Waals surface area contributed by atoms with Gasteiger partial charge in [-0.1, -0.05) is 16.9 Å². The first-order valence-electron chi connectivity index (χ1n) is 5.51. The zero-order chi connectivity index (χ0) is 20.4. The highest BCUT2D eigenvalue weighted by atomic mass is 32.3. The van der Waals surface area contributed by atoms with Crippen LogP contribution in [0.15, 0.2) is 4.99 Å². The number of hydrogen-bond donors (Lipinski definition) is 0. The average Bonchev–Trinajstić information content (AvgIpc) is 2.04. The Kier molecular flexibility index (Phi) is 13.6. The molecule has 0 spiro atoms. The van der Waals surface area contributed by atoms with Crippen LogP contribution in [0, 0.1) is 0 Å². The summed E-state index contributed by atoms with van der Waals surface area (Å²) in [5.74, 6) is 2.30. The molecule has 0 aliphatic heterocycles. The third kappa shape index (κ3) is 42.9. The van der Waals surface area contributed by atoms with Crippen molar-refractivity contribution in [1.82, 2.24) is 0 Å². The van der Waals surface area contributed by atoms with Gasteiger partial charge in [0.1, 0.15) is 0 Å². The summed E-state index contributed by atoms with van der Waals surface area (Å²) in [4.78, 5) is 12.9. The summed E-state index contributed by atoms with van der Waals surface area (Å²) in [6.45, 7) is 2.47. The van der Waals surface area contributed by atoms with E-state index in [1.165, 1.54) is 26.4 Å². The summed E-state index contributed by atoms with van der Waals surface area (Å²) < 4.78 is 66.9. The predicted octanol–water partition coefficient (Wildman–Crippen LogP) is -1.49. The Balaban J connectivity index is -0.000000278. The Labute approximate surface area is 145 Å². The number of carbonyl (C=O) groups is 1. The van der Waals surface area contributed by atoms with Crippen LogP contribution < -0.4 is 5.11 Å². The summed E-state index contributed by atoms with van der Waals surface area (Å²) in [7, 11) is -11.2. The van der Waals surface area contributed by atoms with Crippen molar-refractivity contribution in [2.75, 3.05) is 25.0 Å². The van der Waals surface area contributed by atoms with Crippen molar-refractivity contribution in [3.05, 3.63) is 8.25 Å². The number of nitrogens with zero attached hydrogens (tertiary/aromatic N) is 3. The lowest BCUT2D eigenvalue weighted by molar-refractivity contribution is -0.215. The molecule has 0 aliphatic rings. The standard InChI is InChI=1S/C4H7NO2.C3H8NO2S2.C2H6NO4S2/c1-3(6)5-4(2)7;1-7(5)4-8(2,3)6;1-8(4,5)3-9(2,6)7/h1-2H3,(H,5,6,7);2H2,1,3H3;1-2H3/q;2*-1/p-1. The maximum Gasteiger partial charge on any atom is 0.241 e. The molecular weight excluding hydrogens is 406 g/mol. The highest BCUT2D eigenvalue weighted by Gasteiger charge is 1.92.